The van der Waals surface area contributed by atoms with Gasteiger partial charge in [-0.15, -0.1) is 0 Å². The third-order valence-electron chi connectivity index (χ3n) is 3.21. The Balaban J connectivity index is 2.29. The summed E-state index contributed by atoms with van der Waals surface area (Å²) >= 11 is 0. The smallest absolute Gasteiger partial charge is 0.299 e. The summed E-state index contributed by atoms with van der Waals surface area (Å²) < 4.78 is 0. The van der Waals surface area contributed by atoms with Crippen LogP contribution in [0.4, 0.5) is 5.69 Å². The highest BCUT2D eigenvalue weighted by Gasteiger charge is 2.35. The molecule has 0 atom stereocenters. The maximum absolute atomic E-state index is 12.0. The fourth-order valence-corrected chi connectivity index (χ4v) is 2.08. The van der Waals surface area contributed by atoms with Crippen LogP contribution in [-0.4, -0.2) is 18.2 Å². The maximum Gasteiger partial charge on any atom is 0.299 e. The second-order valence-electron chi connectivity index (χ2n) is 6.12. The molecule has 0 aromatic heterocycles. The summed E-state index contributed by atoms with van der Waals surface area (Å²) in [7, 11) is 0. The first kappa shape index (κ1) is 12.8. The van der Waals surface area contributed by atoms with Crippen molar-refractivity contribution in [1.29, 1.82) is 0 Å². The Morgan fingerprint density at radius 1 is 1.17 bits per heavy atom. The lowest BCUT2D eigenvalue weighted by Crippen LogP contribution is -2.32. The molecule has 0 fully saturated rings. The van der Waals surface area contributed by atoms with Gasteiger partial charge in [0.25, 0.3) is 11.7 Å². The molecule has 0 saturated heterocycles. The zero-order chi connectivity index (χ0) is 13.5. The minimum Gasteiger partial charge on any atom is -0.305 e. The van der Waals surface area contributed by atoms with E-state index in [4.69, 9.17) is 0 Å². The van der Waals surface area contributed by atoms with E-state index in [2.05, 4.69) is 20.8 Å². The van der Waals surface area contributed by atoms with Gasteiger partial charge in [0.05, 0.1) is 11.3 Å². The van der Waals surface area contributed by atoms with Crippen molar-refractivity contribution >= 4 is 17.4 Å². The summed E-state index contributed by atoms with van der Waals surface area (Å²) in [6.07, 6.45) is 0.874. The normalized spacial score (nSPS) is 15.2. The molecule has 18 heavy (non-hydrogen) atoms. The summed E-state index contributed by atoms with van der Waals surface area (Å²) in [6, 6.07) is 5.61. The van der Waals surface area contributed by atoms with E-state index in [-0.39, 0.29) is 17.1 Å². The highest BCUT2D eigenvalue weighted by molar-refractivity contribution is 6.52. The number of rotatable bonds is 2. The van der Waals surface area contributed by atoms with E-state index in [1.54, 1.807) is 11.0 Å². The third-order valence-corrected chi connectivity index (χ3v) is 3.21. The molecule has 1 aliphatic heterocycles. The molecule has 0 N–H and O–H groups in total. The topological polar surface area (TPSA) is 37.4 Å². The Morgan fingerprint density at radius 3 is 2.44 bits per heavy atom. The van der Waals surface area contributed by atoms with Crippen LogP contribution in [0.15, 0.2) is 18.2 Å². The number of carbonyl (C=O) groups is 2. The van der Waals surface area contributed by atoms with Crippen molar-refractivity contribution < 1.29 is 9.59 Å². The Labute approximate surface area is 108 Å². The fraction of sp³-hybridized carbons (Fsp3) is 0.467. The van der Waals surface area contributed by atoms with Gasteiger partial charge in [0, 0.05) is 6.54 Å². The number of amides is 1. The first-order chi connectivity index (χ1) is 8.29. The highest BCUT2D eigenvalue weighted by Crippen LogP contribution is 2.31. The molecule has 2 rings (SSSR count). The Hall–Kier alpha value is -1.64. The third kappa shape index (κ3) is 2.30. The Bertz CT molecular complexity index is 512. The van der Waals surface area contributed by atoms with E-state index in [1.807, 2.05) is 19.1 Å². The average Bonchev–Trinajstić information content (AvgIpc) is 2.49. The summed E-state index contributed by atoms with van der Waals surface area (Å²) in [6.45, 7) is 8.92. The minimum atomic E-state index is -0.389. The number of nitrogens with zero attached hydrogens (tertiary/aromatic N) is 1. The minimum absolute atomic E-state index is 0.150. The number of Topliss-reactive ketones (excluding diaryl/α,β-unsaturated/α-hetero) is 1. The van der Waals surface area contributed by atoms with Gasteiger partial charge in [-0.25, -0.2) is 0 Å². The Morgan fingerprint density at radius 2 is 1.83 bits per heavy atom. The van der Waals surface area contributed by atoms with Gasteiger partial charge in [-0.2, -0.15) is 0 Å². The highest BCUT2D eigenvalue weighted by atomic mass is 16.2. The van der Waals surface area contributed by atoms with Crippen LogP contribution in [0.1, 0.15) is 43.1 Å². The number of aryl methyl sites for hydroxylation is 1. The van der Waals surface area contributed by atoms with Crippen molar-refractivity contribution in [3.05, 3.63) is 29.3 Å². The molecule has 96 valence electrons. The lowest BCUT2D eigenvalue weighted by molar-refractivity contribution is -0.114. The van der Waals surface area contributed by atoms with Gasteiger partial charge in [0.2, 0.25) is 0 Å². The molecule has 0 radical (unpaired) electrons. The molecule has 3 heteroatoms. The van der Waals surface area contributed by atoms with Gasteiger partial charge in [-0.1, -0.05) is 32.4 Å². The predicted octanol–water partition coefficient (Wildman–Crippen LogP) is 2.96. The summed E-state index contributed by atoms with van der Waals surface area (Å²) in [4.78, 5) is 25.5. The molecule has 1 amide bonds. The van der Waals surface area contributed by atoms with Crippen LogP contribution in [0, 0.1) is 12.3 Å². The fourth-order valence-electron chi connectivity index (χ4n) is 2.08. The van der Waals surface area contributed by atoms with Crippen molar-refractivity contribution in [3.8, 4) is 0 Å². The van der Waals surface area contributed by atoms with Crippen LogP contribution in [0.25, 0.3) is 0 Å². The zero-order valence-corrected chi connectivity index (χ0v) is 11.4. The van der Waals surface area contributed by atoms with E-state index in [9.17, 15) is 9.59 Å². The number of benzene rings is 1. The number of anilines is 1. The zero-order valence-electron chi connectivity index (χ0n) is 11.4. The lowest BCUT2D eigenvalue weighted by atomic mass is 9.92. The largest absolute Gasteiger partial charge is 0.305 e. The molecule has 1 aliphatic rings. The van der Waals surface area contributed by atoms with Gasteiger partial charge >= 0.3 is 0 Å². The number of fused-ring (bicyclic) bond motifs is 1. The summed E-state index contributed by atoms with van der Waals surface area (Å²) in [5, 5.41) is 0. The monoisotopic (exact) mass is 245 g/mol. The summed E-state index contributed by atoms with van der Waals surface area (Å²) in [5.41, 5.74) is 2.47. The van der Waals surface area contributed by atoms with E-state index >= 15 is 0 Å². The Kier molecular flexibility index (Phi) is 3.01. The number of hydrogen-bond acceptors (Lipinski definition) is 2. The molecule has 3 nitrogen and oxygen atoms in total. The SMILES string of the molecule is Cc1ccc2c(c1)C(=O)C(=O)N2CCC(C)(C)C. The van der Waals surface area contributed by atoms with Crippen molar-refractivity contribution in [1.82, 2.24) is 0 Å². The second kappa shape index (κ2) is 4.23. The van der Waals surface area contributed by atoms with Gasteiger partial charge in [0.1, 0.15) is 0 Å². The summed E-state index contributed by atoms with van der Waals surface area (Å²) in [5.74, 6) is -0.762. The van der Waals surface area contributed by atoms with Crippen molar-refractivity contribution in [3.63, 3.8) is 0 Å². The molecule has 1 aromatic carbocycles. The van der Waals surface area contributed by atoms with Gasteiger partial charge < -0.3 is 4.90 Å². The van der Waals surface area contributed by atoms with Crippen molar-refractivity contribution in [2.24, 2.45) is 5.41 Å². The molecule has 1 aromatic rings. The average molecular weight is 245 g/mol. The number of hydrogen-bond donors (Lipinski definition) is 0. The van der Waals surface area contributed by atoms with Gasteiger partial charge in [-0.05, 0) is 30.9 Å². The molecule has 0 aliphatic carbocycles. The predicted molar refractivity (Wildman–Crippen MR) is 71.9 cm³/mol. The van der Waals surface area contributed by atoms with Crippen molar-refractivity contribution in [2.75, 3.05) is 11.4 Å². The number of ketones is 1. The van der Waals surface area contributed by atoms with Crippen LogP contribution in [0.3, 0.4) is 0 Å². The first-order valence-electron chi connectivity index (χ1n) is 6.26. The molecular weight excluding hydrogens is 226 g/mol. The molecule has 0 unspecified atom stereocenters. The van der Waals surface area contributed by atoms with Crippen LogP contribution in [0.2, 0.25) is 0 Å². The van der Waals surface area contributed by atoms with Crippen LogP contribution < -0.4 is 4.90 Å². The molecule has 0 spiro atoms. The molecule has 1 heterocycles. The first-order valence-corrected chi connectivity index (χ1v) is 6.26. The maximum atomic E-state index is 12.0. The van der Waals surface area contributed by atoms with E-state index < -0.39 is 0 Å². The van der Waals surface area contributed by atoms with Crippen LogP contribution in [0.5, 0.6) is 0 Å². The quantitative estimate of drug-likeness (QED) is 0.751. The van der Waals surface area contributed by atoms with E-state index in [1.165, 1.54) is 0 Å². The van der Waals surface area contributed by atoms with Gasteiger partial charge in [-0.3, -0.25) is 9.59 Å². The van der Waals surface area contributed by atoms with Crippen LogP contribution >= 0.6 is 0 Å². The van der Waals surface area contributed by atoms with Crippen LogP contribution in [-0.2, 0) is 4.79 Å². The van der Waals surface area contributed by atoms with E-state index in [0.29, 0.717) is 12.1 Å². The molecule has 0 bridgehead atoms. The molecule has 0 saturated carbocycles. The van der Waals surface area contributed by atoms with Gasteiger partial charge in [0.15, 0.2) is 0 Å². The second-order valence-corrected chi connectivity index (χ2v) is 6.12. The van der Waals surface area contributed by atoms with E-state index in [0.717, 1.165) is 17.7 Å². The number of carbonyl (C=O) groups excluding carboxylic acids is 2. The molecular formula is C15H19NO2. The standard InChI is InChI=1S/C15H19NO2/c1-10-5-6-12-11(9-10)13(17)14(18)16(12)8-7-15(2,3)4/h5-6,9H,7-8H2,1-4H3. The van der Waals surface area contributed by atoms with Crippen molar-refractivity contribution in [2.45, 2.75) is 34.1 Å². The lowest BCUT2D eigenvalue weighted by Gasteiger charge is -2.23.